The van der Waals surface area contributed by atoms with Crippen molar-refractivity contribution in [3.05, 3.63) is 0 Å². The zero-order valence-corrected chi connectivity index (χ0v) is 11.4. The molecule has 4 nitrogen and oxygen atoms in total. The molecule has 0 spiro atoms. The molecule has 0 bridgehead atoms. The van der Waals surface area contributed by atoms with Crippen LogP contribution in [0.3, 0.4) is 0 Å². The van der Waals surface area contributed by atoms with Gasteiger partial charge in [-0.1, -0.05) is 6.92 Å². The Bertz CT molecular complexity index is 249. The number of rotatable bonds is 8. The maximum absolute atomic E-state index is 11.6. The molecule has 1 N–H and O–H groups in total. The van der Waals surface area contributed by atoms with Gasteiger partial charge in [-0.15, -0.1) is 0 Å². The highest BCUT2D eigenvalue weighted by Gasteiger charge is 2.29. The van der Waals surface area contributed by atoms with Gasteiger partial charge in [0.1, 0.15) is 6.04 Å². The SMILES string of the molecule is CCC(C)(C)OCCC(NC1CC1)C(=O)OC. The number of methoxy groups -OCH3 is 1. The van der Waals surface area contributed by atoms with Gasteiger partial charge >= 0.3 is 5.97 Å². The van der Waals surface area contributed by atoms with Crippen LogP contribution < -0.4 is 5.32 Å². The summed E-state index contributed by atoms with van der Waals surface area (Å²) in [6.45, 7) is 6.81. The lowest BCUT2D eigenvalue weighted by Crippen LogP contribution is -2.40. The molecule has 1 fully saturated rings. The average molecular weight is 243 g/mol. The largest absolute Gasteiger partial charge is 0.468 e. The molecular formula is C13H25NO3. The van der Waals surface area contributed by atoms with Crippen molar-refractivity contribution in [2.75, 3.05) is 13.7 Å². The summed E-state index contributed by atoms with van der Waals surface area (Å²) in [7, 11) is 1.43. The van der Waals surface area contributed by atoms with Crippen LogP contribution in [0.1, 0.15) is 46.5 Å². The fourth-order valence-electron chi connectivity index (χ4n) is 1.50. The Hall–Kier alpha value is -0.610. The first kappa shape index (κ1) is 14.5. The number of ether oxygens (including phenoxy) is 2. The Balaban J connectivity index is 2.30. The lowest BCUT2D eigenvalue weighted by atomic mass is 10.1. The van der Waals surface area contributed by atoms with E-state index in [0.717, 1.165) is 19.3 Å². The lowest BCUT2D eigenvalue weighted by Gasteiger charge is -2.25. The summed E-state index contributed by atoms with van der Waals surface area (Å²) < 4.78 is 10.6. The molecule has 1 rings (SSSR count). The van der Waals surface area contributed by atoms with Gasteiger partial charge < -0.3 is 14.8 Å². The third-order valence-corrected chi connectivity index (χ3v) is 3.25. The molecule has 1 saturated carbocycles. The Morgan fingerprint density at radius 2 is 2.12 bits per heavy atom. The molecule has 1 aliphatic rings. The molecule has 100 valence electrons. The summed E-state index contributed by atoms with van der Waals surface area (Å²) in [4.78, 5) is 11.6. The van der Waals surface area contributed by atoms with Crippen molar-refractivity contribution in [3.63, 3.8) is 0 Å². The summed E-state index contributed by atoms with van der Waals surface area (Å²) in [5, 5.41) is 3.29. The van der Waals surface area contributed by atoms with Gasteiger partial charge in [-0.25, -0.2) is 0 Å². The minimum Gasteiger partial charge on any atom is -0.468 e. The zero-order chi connectivity index (χ0) is 12.9. The Morgan fingerprint density at radius 1 is 1.47 bits per heavy atom. The molecule has 4 heteroatoms. The van der Waals surface area contributed by atoms with E-state index in [1.165, 1.54) is 7.11 Å². The number of carbonyl (C=O) groups is 1. The Kier molecular flexibility index (Phi) is 5.40. The van der Waals surface area contributed by atoms with Gasteiger partial charge in [0.15, 0.2) is 0 Å². The first-order valence-electron chi connectivity index (χ1n) is 6.46. The number of nitrogens with one attached hydrogen (secondary N) is 1. The standard InChI is InChI=1S/C13H25NO3/c1-5-13(2,3)17-9-8-11(12(15)16-4)14-10-6-7-10/h10-11,14H,5-9H2,1-4H3. The summed E-state index contributed by atoms with van der Waals surface area (Å²) in [5.41, 5.74) is -0.111. The fraction of sp³-hybridized carbons (Fsp3) is 0.923. The predicted molar refractivity (Wildman–Crippen MR) is 66.9 cm³/mol. The zero-order valence-electron chi connectivity index (χ0n) is 11.4. The van der Waals surface area contributed by atoms with E-state index in [1.807, 2.05) is 0 Å². The molecule has 1 atom stereocenters. The summed E-state index contributed by atoms with van der Waals surface area (Å²) in [6.07, 6.45) is 3.96. The molecule has 0 radical (unpaired) electrons. The first-order valence-corrected chi connectivity index (χ1v) is 6.46. The number of carbonyl (C=O) groups excluding carboxylic acids is 1. The van der Waals surface area contributed by atoms with Gasteiger partial charge in [0.05, 0.1) is 12.7 Å². The Labute approximate surface area is 104 Å². The van der Waals surface area contributed by atoms with E-state index >= 15 is 0 Å². The van der Waals surface area contributed by atoms with Crippen LogP contribution in [-0.4, -0.2) is 37.4 Å². The number of hydrogen-bond donors (Lipinski definition) is 1. The molecule has 0 aromatic rings. The minimum atomic E-state index is -0.222. The molecule has 0 amide bonds. The van der Waals surface area contributed by atoms with Crippen LogP contribution in [-0.2, 0) is 14.3 Å². The Morgan fingerprint density at radius 3 is 2.59 bits per heavy atom. The van der Waals surface area contributed by atoms with Gasteiger partial charge in [0.25, 0.3) is 0 Å². The first-order chi connectivity index (χ1) is 7.98. The second-order valence-corrected chi connectivity index (χ2v) is 5.27. The topological polar surface area (TPSA) is 47.6 Å². The van der Waals surface area contributed by atoms with E-state index in [0.29, 0.717) is 19.1 Å². The van der Waals surface area contributed by atoms with E-state index in [9.17, 15) is 4.79 Å². The number of hydrogen-bond acceptors (Lipinski definition) is 4. The van der Waals surface area contributed by atoms with Gasteiger partial charge in [0, 0.05) is 12.6 Å². The normalized spacial score (nSPS) is 17.9. The molecule has 17 heavy (non-hydrogen) atoms. The highest BCUT2D eigenvalue weighted by Crippen LogP contribution is 2.21. The van der Waals surface area contributed by atoms with Crippen LogP contribution in [0.2, 0.25) is 0 Å². The lowest BCUT2D eigenvalue weighted by molar-refractivity contribution is -0.144. The van der Waals surface area contributed by atoms with E-state index in [2.05, 4.69) is 26.1 Å². The molecule has 0 aromatic heterocycles. The monoisotopic (exact) mass is 243 g/mol. The van der Waals surface area contributed by atoms with Crippen molar-refractivity contribution in [2.45, 2.75) is 64.1 Å². The van der Waals surface area contributed by atoms with Gasteiger partial charge in [-0.3, -0.25) is 4.79 Å². The van der Waals surface area contributed by atoms with Crippen LogP contribution in [0.4, 0.5) is 0 Å². The van der Waals surface area contributed by atoms with E-state index < -0.39 is 0 Å². The average Bonchev–Trinajstić information content (AvgIpc) is 3.10. The van der Waals surface area contributed by atoms with Gasteiger partial charge in [-0.05, 0) is 39.5 Å². The van der Waals surface area contributed by atoms with Crippen molar-refractivity contribution >= 4 is 5.97 Å². The predicted octanol–water partition coefficient (Wildman–Crippen LogP) is 1.88. The quantitative estimate of drug-likeness (QED) is 0.661. The molecular weight excluding hydrogens is 218 g/mol. The molecule has 0 heterocycles. The van der Waals surface area contributed by atoms with E-state index in [4.69, 9.17) is 9.47 Å². The van der Waals surface area contributed by atoms with Gasteiger partial charge in [0.2, 0.25) is 0 Å². The molecule has 1 aliphatic carbocycles. The van der Waals surface area contributed by atoms with Crippen molar-refractivity contribution in [2.24, 2.45) is 0 Å². The maximum Gasteiger partial charge on any atom is 0.322 e. The molecule has 1 unspecified atom stereocenters. The molecule has 0 aromatic carbocycles. The third-order valence-electron chi connectivity index (χ3n) is 3.25. The summed E-state index contributed by atoms with van der Waals surface area (Å²) in [6, 6.07) is 0.276. The van der Waals surface area contributed by atoms with Crippen molar-refractivity contribution < 1.29 is 14.3 Å². The highest BCUT2D eigenvalue weighted by atomic mass is 16.5. The third kappa shape index (κ3) is 5.50. The fourth-order valence-corrected chi connectivity index (χ4v) is 1.50. The van der Waals surface area contributed by atoms with Crippen molar-refractivity contribution in [1.82, 2.24) is 5.32 Å². The highest BCUT2D eigenvalue weighted by molar-refractivity contribution is 5.75. The van der Waals surface area contributed by atoms with Crippen molar-refractivity contribution in [1.29, 1.82) is 0 Å². The number of esters is 1. The summed E-state index contributed by atoms with van der Waals surface area (Å²) in [5.74, 6) is -0.185. The second-order valence-electron chi connectivity index (χ2n) is 5.27. The van der Waals surface area contributed by atoms with Crippen LogP contribution in [0.5, 0.6) is 0 Å². The van der Waals surface area contributed by atoms with Crippen LogP contribution in [0, 0.1) is 0 Å². The van der Waals surface area contributed by atoms with Crippen LogP contribution in [0.15, 0.2) is 0 Å². The van der Waals surface area contributed by atoms with Crippen LogP contribution in [0.25, 0.3) is 0 Å². The minimum absolute atomic E-state index is 0.111. The van der Waals surface area contributed by atoms with Crippen LogP contribution >= 0.6 is 0 Å². The summed E-state index contributed by atoms with van der Waals surface area (Å²) >= 11 is 0. The molecule has 0 saturated heterocycles. The van der Waals surface area contributed by atoms with Crippen molar-refractivity contribution in [3.8, 4) is 0 Å². The smallest absolute Gasteiger partial charge is 0.322 e. The van der Waals surface area contributed by atoms with E-state index in [-0.39, 0.29) is 17.6 Å². The van der Waals surface area contributed by atoms with Gasteiger partial charge in [-0.2, -0.15) is 0 Å². The van der Waals surface area contributed by atoms with E-state index in [1.54, 1.807) is 0 Å². The maximum atomic E-state index is 11.6. The molecule has 0 aliphatic heterocycles. The second kappa shape index (κ2) is 6.36.